The molecule has 0 aliphatic carbocycles. The van der Waals surface area contributed by atoms with Gasteiger partial charge in [0.2, 0.25) is 15.9 Å². The summed E-state index contributed by atoms with van der Waals surface area (Å²) in [7, 11) is -2.59. The van der Waals surface area contributed by atoms with Gasteiger partial charge in [0, 0.05) is 0 Å². The van der Waals surface area contributed by atoms with Gasteiger partial charge in [-0.15, -0.1) is 0 Å². The number of methoxy groups -OCH3 is 1. The Kier molecular flexibility index (Phi) is 5.47. The Morgan fingerprint density at radius 1 is 1.25 bits per heavy atom. The maximum atomic E-state index is 12.0. The SMILES string of the molecule is COc1ccccc1S(=O)(=O)NCC(=O)NCC(=O)O. The standard InChI is InChI=1S/C11H14N2O6S/c1-19-8-4-2-3-5-9(8)20(17,18)13-6-10(14)12-7-11(15)16/h2-5,13H,6-7H2,1H3,(H,12,14)(H,15,16). The number of carboxylic acid groups (broad SMARTS) is 1. The fourth-order valence-corrected chi connectivity index (χ4v) is 2.47. The van der Waals surface area contributed by atoms with Crippen molar-refractivity contribution in [1.29, 1.82) is 0 Å². The molecule has 0 heterocycles. The molecule has 1 aromatic carbocycles. The molecule has 9 heteroatoms. The molecule has 0 radical (unpaired) electrons. The molecular weight excluding hydrogens is 288 g/mol. The first-order valence-electron chi connectivity index (χ1n) is 5.48. The van der Waals surface area contributed by atoms with Gasteiger partial charge in [-0.25, -0.2) is 13.1 Å². The number of ether oxygens (including phenoxy) is 1. The lowest BCUT2D eigenvalue weighted by atomic mass is 10.3. The number of carboxylic acids is 1. The van der Waals surface area contributed by atoms with Crippen molar-refractivity contribution in [2.75, 3.05) is 20.2 Å². The summed E-state index contributed by atoms with van der Waals surface area (Å²) >= 11 is 0. The zero-order valence-electron chi connectivity index (χ0n) is 10.6. The molecule has 1 aromatic rings. The Labute approximate surface area is 115 Å². The molecule has 0 aliphatic rings. The predicted molar refractivity (Wildman–Crippen MR) is 68.8 cm³/mol. The van der Waals surface area contributed by atoms with E-state index in [-0.39, 0.29) is 10.6 Å². The van der Waals surface area contributed by atoms with Crippen LogP contribution in [0.25, 0.3) is 0 Å². The fourth-order valence-electron chi connectivity index (χ4n) is 1.32. The number of benzene rings is 1. The number of sulfonamides is 1. The highest BCUT2D eigenvalue weighted by Crippen LogP contribution is 2.22. The first kappa shape index (κ1) is 15.9. The van der Waals surface area contributed by atoms with Gasteiger partial charge in [-0.1, -0.05) is 12.1 Å². The number of hydrogen-bond acceptors (Lipinski definition) is 5. The van der Waals surface area contributed by atoms with Gasteiger partial charge in [0.15, 0.2) is 0 Å². The van der Waals surface area contributed by atoms with Crippen LogP contribution in [-0.4, -0.2) is 45.6 Å². The second kappa shape index (κ2) is 6.87. The average molecular weight is 302 g/mol. The minimum absolute atomic E-state index is 0.103. The molecule has 8 nitrogen and oxygen atoms in total. The van der Waals surface area contributed by atoms with E-state index in [1.807, 2.05) is 5.32 Å². The van der Waals surface area contributed by atoms with E-state index in [0.29, 0.717) is 0 Å². The van der Waals surface area contributed by atoms with Crippen LogP contribution in [0, 0.1) is 0 Å². The zero-order chi connectivity index (χ0) is 15.2. The molecule has 0 saturated carbocycles. The average Bonchev–Trinajstić information content (AvgIpc) is 2.43. The summed E-state index contributed by atoms with van der Waals surface area (Å²) in [5, 5.41) is 10.4. The first-order chi connectivity index (χ1) is 9.36. The maximum Gasteiger partial charge on any atom is 0.322 e. The van der Waals surface area contributed by atoms with Gasteiger partial charge in [-0.3, -0.25) is 9.59 Å². The summed E-state index contributed by atoms with van der Waals surface area (Å²) in [5.74, 6) is -1.82. The maximum absolute atomic E-state index is 12.0. The van der Waals surface area contributed by atoms with Crippen molar-refractivity contribution in [2.24, 2.45) is 0 Å². The van der Waals surface area contributed by atoms with Crippen molar-refractivity contribution < 1.29 is 27.9 Å². The second-order valence-corrected chi connectivity index (χ2v) is 5.38. The fraction of sp³-hybridized carbons (Fsp3) is 0.273. The number of amides is 1. The van der Waals surface area contributed by atoms with Gasteiger partial charge in [-0.2, -0.15) is 0 Å². The second-order valence-electron chi connectivity index (χ2n) is 3.65. The highest BCUT2D eigenvalue weighted by molar-refractivity contribution is 7.89. The summed E-state index contributed by atoms with van der Waals surface area (Å²) in [4.78, 5) is 21.4. The van der Waals surface area contributed by atoms with Crippen LogP contribution in [-0.2, 0) is 19.6 Å². The largest absolute Gasteiger partial charge is 0.495 e. The van der Waals surface area contributed by atoms with Gasteiger partial charge in [0.05, 0.1) is 13.7 Å². The van der Waals surface area contributed by atoms with E-state index < -0.39 is 35.0 Å². The third-order valence-corrected chi connectivity index (χ3v) is 3.66. The molecule has 0 atom stereocenters. The summed E-state index contributed by atoms with van der Waals surface area (Å²) < 4.78 is 30.9. The molecule has 1 rings (SSSR count). The lowest BCUT2D eigenvalue weighted by Gasteiger charge is -2.10. The number of aliphatic carboxylic acids is 1. The van der Waals surface area contributed by atoms with Crippen molar-refractivity contribution >= 4 is 21.9 Å². The minimum atomic E-state index is -3.92. The molecule has 0 unspecified atom stereocenters. The van der Waals surface area contributed by atoms with E-state index in [0.717, 1.165) is 0 Å². The molecule has 110 valence electrons. The van der Waals surface area contributed by atoms with Crippen molar-refractivity contribution in [3.63, 3.8) is 0 Å². The molecule has 0 aromatic heterocycles. The van der Waals surface area contributed by atoms with E-state index in [1.54, 1.807) is 6.07 Å². The summed E-state index contributed by atoms with van der Waals surface area (Å²) in [6.07, 6.45) is 0. The van der Waals surface area contributed by atoms with Gasteiger partial charge in [0.25, 0.3) is 0 Å². The van der Waals surface area contributed by atoms with Crippen LogP contribution in [0.3, 0.4) is 0 Å². The third kappa shape index (κ3) is 4.52. The molecule has 0 fully saturated rings. The number of hydrogen-bond donors (Lipinski definition) is 3. The number of rotatable bonds is 7. The molecule has 0 aliphatic heterocycles. The van der Waals surface area contributed by atoms with Crippen LogP contribution >= 0.6 is 0 Å². The van der Waals surface area contributed by atoms with E-state index in [1.165, 1.54) is 25.3 Å². The van der Waals surface area contributed by atoms with Crippen molar-refractivity contribution in [3.8, 4) is 5.75 Å². The number of carbonyl (C=O) groups excluding carboxylic acids is 1. The zero-order valence-corrected chi connectivity index (χ0v) is 11.4. The Morgan fingerprint density at radius 2 is 1.90 bits per heavy atom. The van der Waals surface area contributed by atoms with Crippen molar-refractivity contribution in [3.05, 3.63) is 24.3 Å². The molecule has 1 amide bonds. The number of carbonyl (C=O) groups is 2. The molecule has 0 spiro atoms. The molecule has 20 heavy (non-hydrogen) atoms. The van der Waals surface area contributed by atoms with E-state index in [4.69, 9.17) is 9.84 Å². The summed E-state index contributed by atoms with van der Waals surface area (Å²) in [5.41, 5.74) is 0. The first-order valence-corrected chi connectivity index (χ1v) is 6.96. The Bertz CT molecular complexity index is 599. The molecular formula is C11H14N2O6S. The lowest BCUT2D eigenvalue weighted by molar-refractivity contribution is -0.137. The summed E-state index contributed by atoms with van der Waals surface area (Å²) in [6, 6.07) is 5.92. The number of nitrogens with one attached hydrogen (secondary N) is 2. The monoisotopic (exact) mass is 302 g/mol. The van der Waals surface area contributed by atoms with Crippen molar-refractivity contribution in [2.45, 2.75) is 4.90 Å². The Hall–Kier alpha value is -2.13. The van der Waals surface area contributed by atoms with E-state index in [2.05, 4.69) is 4.72 Å². The minimum Gasteiger partial charge on any atom is -0.495 e. The molecule has 0 bridgehead atoms. The van der Waals surface area contributed by atoms with Gasteiger partial charge in [-0.05, 0) is 12.1 Å². The van der Waals surface area contributed by atoms with Crippen LogP contribution in [0.1, 0.15) is 0 Å². The quantitative estimate of drug-likeness (QED) is 0.604. The van der Waals surface area contributed by atoms with Crippen LogP contribution in [0.15, 0.2) is 29.2 Å². The third-order valence-electron chi connectivity index (χ3n) is 2.22. The lowest BCUT2D eigenvalue weighted by Crippen LogP contribution is -2.39. The van der Waals surface area contributed by atoms with Gasteiger partial charge in [0.1, 0.15) is 17.2 Å². The highest BCUT2D eigenvalue weighted by atomic mass is 32.2. The predicted octanol–water partition coefficient (Wildman–Crippen LogP) is -0.826. The Balaban J connectivity index is 2.71. The Morgan fingerprint density at radius 3 is 2.50 bits per heavy atom. The number of para-hydroxylation sites is 1. The summed E-state index contributed by atoms with van der Waals surface area (Å²) in [6.45, 7) is -1.14. The smallest absolute Gasteiger partial charge is 0.322 e. The van der Waals surface area contributed by atoms with Crippen LogP contribution in [0.2, 0.25) is 0 Å². The van der Waals surface area contributed by atoms with Gasteiger partial charge >= 0.3 is 5.97 Å². The van der Waals surface area contributed by atoms with Gasteiger partial charge < -0.3 is 15.2 Å². The molecule has 3 N–H and O–H groups in total. The van der Waals surface area contributed by atoms with E-state index >= 15 is 0 Å². The van der Waals surface area contributed by atoms with Crippen molar-refractivity contribution in [1.82, 2.24) is 10.0 Å². The normalized spacial score (nSPS) is 10.8. The van der Waals surface area contributed by atoms with Crippen LogP contribution in [0.4, 0.5) is 0 Å². The van der Waals surface area contributed by atoms with Crippen LogP contribution < -0.4 is 14.8 Å². The topological polar surface area (TPSA) is 122 Å². The highest BCUT2D eigenvalue weighted by Gasteiger charge is 2.19. The van der Waals surface area contributed by atoms with E-state index in [9.17, 15) is 18.0 Å². The van der Waals surface area contributed by atoms with Crippen LogP contribution in [0.5, 0.6) is 5.75 Å². The molecule has 0 saturated heterocycles.